The standard InChI is InChI=1S/C10H16N2OS/c1-3-12-5-4-10(13,7-12)9-6-14-8(2)11-9/h6,13H,3-5,7H2,1-2H3. The maximum absolute atomic E-state index is 10.4. The molecule has 0 spiro atoms. The molecule has 2 rings (SSSR count). The van der Waals surface area contributed by atoms with Crippen LogP contribution >= 0.6 is 11.3 Å². The van der Waals surface area contributed by atoms with Crippen LogP contribution in [0.25, 0.3) is 0 Å². The van der Waals surface area contributed by atoms with Crippen molar-refractivity contribution in [2.75, 3.05) is 19.6 Å². The van der Waals surface area contributed by atoms with Crippen molar-refractivity contribution in [3.8, 4) is 0 Å². The van der Waals surface area contributed by atoms with Gasteiger partial charge in [-0.15, -0.1) is 11.3 Å². The third kappa shape index (κ3) is 1.69. The number of likely N-dealkylation sites (tertiary alicyclic amines) is 1. The molecule has 0 bridgehead atoms. The molecule has 1 aliphatic heterocycles. The van der Waals surface area contributed by atoms with Crippen LogP contribution < -0.4 is 0 Å². The summed E-state index contributed by atoms with van der Waals surface area (Å²) in [5.41, 5.74) is 0.164. The lowest BCUT2D eigenvalue weighted by molar-refractivity contribution is 0.0429. The molecule has 0 radical (unpaired) electrons. The summed E-state index contributed by atoms with van der Waals surface area (Å²) in [4.78, 5) is 6.63. The van der Waals surface area contributed by atoms with Gasteiger partial charge in [-0.2, -0.15) is 0 Å². The molecule has 0 aromatic carbocycles. The van der Waals surface area contributed by atoms with Crippen molar-refractivity contribution in [3.05, 3.63) is 16.1 Å². The van der Waals surface area contributed by atoms with Crippen molar-refractivity contribution >= 4 is 11.3 Å². The topological polar surface area (TPSA) is 36.4 Å². The maximum Gasteiger partial charge on any atom is 0.121 e. The van der Waals surface area contributed by atoms with Gasteiger partial charge in [-0.05, 0) is 19.9 Å². The molecule has 1 saturated heterocycles. The smallest absolute Gasteiger partial charge is 0.121 e. The van der Waals surface area contributed by atoms with E-state index in [1.54, 1.807) is 11.3 Å². The second kappa shape index (κ2) is 3.61. The summed E-state index contributed by atoms with van der Waals surface area (Å²) in [7, 11) is 0. The average Bonchev–Trinajstić information content (AvgIpc) is 2.73. The van der Waals surface area contributed by atoms with Crippen molar-refractivity contribution in [1.29, 1.82) is 0 Å². The minimum atomic E-state index is -0.694. The van der Waals surface area contributed by atoms with Gasteiger partial charge in [0.05, 0.1) is 10.7 Å². The van der Waals surface area contributed by atoms with Crippen LogP contribution in [0.2, 0.25) is 0 Å². The molecular weight excluding hydrogens is 196 g/mol. The van der Waals surface area contributed by atoms with Crippen molar-refractivity contribution in [2.45, 2.75) is 25.9 Å². The van der Waals surface area contributed by atoms with Gasteiger partial charge in [0.1, 0.15) is 5.60 Å². The molecule has 1 fully saturated rings. The fourth-order valence-corrected chi connectivity index (χ4v) is 2.63. The molecule has 2 heterocycles. The first kappa shape index (κ1) is 10.1. The van der Waals surface area contributed by atoms with Gasteiger partial charge in [0.15, 0.2) is 0 Å². The van der Waals surface area contributed by atoms with Crippen LogP contribution in [0.1, 0.15) is 24.0 Å². The number of hydrogen-bond donors (Lipinski definition) is 1. The zero-order chi connectivity index (χ0) is 10.2. The van der Waals surface area contributed by atoms with E-state index in [9.17, 15) is 5.11 Å². The van der Waals surface area contributed by atoms with Crippen LogP contribution in [0.4, 0.5) is 0 Å². The summed E-state index contributed by atoms with van der Waals surface area (Å²) in [6, 6.07) is 0. The number of aryl methyl sites for hydroxylation is 1. The van der Waals surface area contributed by atoms with Gasteiger partial charge >= 0.3 is 0 Å². The van der Waals surface area contributed by atoms with E-state index in [1.807, 2.05) is 12.3 Å². The van der Waals surface area contributed by atoms with Crippen molar-refractivity contribution in [2.24, 2.45) is 0 Å². The molecule has 1 aromatic heterocycles. The third-order valence-electron chi connectivity index (χ3n) is 2.87. The number of β-amino-alcohol motifs (C(OH)–C–C–N with tert-alkyl or cyclic N) is 1. The Balaban J connectivity index is 2.18. The van der Waals surface area contributed by atoms with Crippen LogP contribution in [-0.4, -0.2) is 34.6 Å². The summed E-state index contributed by atoms with van der Waals surface area (Å²) in [6.07, 6.45) is 0.810. The van der Waals surface area contributed by atoms with Crippen molar-refractivity contribution in [1.82, 2.24) is 9.88 Å². The highest BCUT2D eigenvalue weighted by Crippen LogP contribution is 2.32. The number of aliphatic hydroxyl groups is 1. The van der Waals surface area contributed by atoms with Gasteiger partial charge in [-0.25, -0.2) is 4.98 Å². The summed E-state index contributed by atoms with van der Waals surface area (Å²) < 4.78 is 0. The summed E-state index contributed by atoms with van der Waals surface area (Å²) in [6.45, 7) is 6.81. The minimum absolute atomic E-state index is 0.694. The van der Waals surface area contributed by atoms with Crippen LogP contribution in [0.5, 0.6) is 0 Å². The van der Waals surface area contributed by atoms with Crippen LogP contribution in [0, 0.1) is 6.92 Å². The Morgan fingerprint density at radius 3 is 3.00 bits per heavy atom. The van der Waals surface area contributed by atoms with Gasteiger partial charge in [0.2, 0.25) is 0 Å². The summed E-state index contributed by atoms with van der Waals surface area (Å²) >= 11 is 1.61. The largest absolute Gasteiger partial charge is 0.382 e. The number of aromatic nitrogens is 1. The molecule has 14 heavy (non-hydrogen) atoms. The molecule has 0 saturated carbocycles. The van der Waals surface area contributed by atoms with E-state index >= 15 is 0 Å². The number of thiazole rings is 1. The molecule has 4 heteroatoms. The first-order valence-corrected chi connectivity index (χ1v) is 5.89. The first-order chi connectivity index (χ1) is 6.64. The SMILES string of the molecule is CCN1CCC(O)(c2csc(C)n2)C1. The molecule has 78 valence electrons. The van der Waals surface area contributed by atoms with Gasteiger partial charge < -0.3 is 10.0 Å². The Hall–Kier alpha value is -0.450. The quantitative estimate of drug-likeness (QED) is 0.804. The highest BCUT2D eigenvalue weighted by molar-refractivity contribution is 7.09. The fourth-order valence-electron chi connectivity index (χ4n) is 1.93. The minimum Gasteiger partial charge on any atom is -0.382 e. The molecule has 1 aromatic rings. The molecule has 3 nitrogen and oxygen atoms in total. The molecular formula is C10H16N2OS. The number of nitrogens with zero attached hydrogens (tertiary/aromatic N) is 2. The first-order valence-electron chi connectivity index (χ1n) is 5.01. The summed E-state index contributed by atoms with van der Waals surface area (Å²) in [5.74, 6) is 0. The van der Waals surface area contributed by atoms with Gasteiger partial charge in [-0.1, -0.05) is 6.92 Å². The number of rotatable bonds is 2. The fraction of sp³-hybridized carbons (Fsp3) is 0.700. The van der Waals surface area contributed by atoms with E-state index < -0.39 is 5.60 Å². The predicted molar refractivity (Wildman–Crippen MR) is 57.5 cm³/mol. The van der Waals surface area contributed by atoms with E-state index in [1.165, 1.54) is 0 Å². The lowest BCUT2D eigenvalue weighted by atomic mass is 10.0. The lowest BCUT2D eigenvalue weighted by Crippen LogP contribution is -2.31. The maximum atomic E-state index is 10.4. The second-order valence-corrected chi connectivity index (χ2v) is 4.96. The van der Waals surface area contributed by atoms with Crippen molar-refractivity contribution < 1.29 is 5.11 Å². The molecule has 1 unspecified atom stereocenters. The third-order valence-corrected chi connectivity index (χ3v) is 3.64. The Bertz CT molecular complexity index is 326. The summed E-state index contributed by atoms with van der Waals surface area (Å²) in [5, 5.41) is 13.4. The Labute approximate surface area is 88.4 Å². The number of hydrogen-bond acceptors (Lipinski definition) is 4. The highest BCUT2D eigenvalue weighted by atomic mass is 32.1. The van der Waals surface area contributed by atoms with E-state index in [2.05, 4.69) is 16.8 Å². The average molecular weight is 212 g/mol. The van der Waals surface area contributed by atoms with E-state index in [0.717, 1.165) is 36.8 Å². The molecule has 1 aliphatic rings. The Morgan fingerprint density at radius 2 is 2.50 bits per heavy atom. The monoisotopic (exact) mass is 212 g/mol. The van der Waals surface area contributed by atoms with Crippen LogP contribution in [0.3, 0.4) is 0 Å². The Morgan fingerprint density at radius 1 is 1.71 bits per heavy atom. The zero-order valence-electron chi connectivity index (χ0n) is 8.66. The zero-order valence-corrected chi connectivity index (χ0v) is 9.47. The van der Waals surface area contributed by atoms with E-state index in [4.69, 9.17) is 0 Å². The van der Waals surface area contributed by atoms with Crippen LogP contribution in [0.15, 0.2) is 5.38 Å². The van der Waals surface area contributed by atoms with E-state index in [-0.39, 0.29) is 0 Å². The highest BCUT2D eigenvalue weighted by Gasteiger charge is 2.38. The van der Waals surface area contributed by atoms with Gasteiger partial charge in [0, 0.05) is 18.5 Å². The van der Waals surface area contributed by atoms with Crippen molar-refractivity contribution in [3.63, 3.8) is 0 Å². The van der Waals surface area contributed by atoms with E-state index in [0.29, 0.717) is 0 Å². The molecule has 0 aliphatic carbocycles. The normalized spacial score (nSPS) is 28.5. The number of likely N-dealkylation sites (N-methyl/N-ethyl adjacent to an activating group) is 1. The molecule has 1 N–H and O–H groups in total. The van der Waals surface area contributed by atoms with Gasteiger partial charge in [0.25, 0.3) is 0 Å². The van der Waals surface area contributed by atoms with Gasteiger partial charge in [-0.3, -0.25) is 0 Å². The Kier molecular flexibility index (Phi) is 2.60. The molecule has 1 atom stereocenters. The predicted octanol–water partition coefficient (Wildman–Crippen LogP) is 1.36. The van der Waals surface area contributed by atoms with Crippen LogP contribution in [-0.2, 0) is 5.60 Å². The lowest BCUT2D eigenvalue weighted by Gasteiger charge is -2.20. The second-order valence-electron chi connectivity index (χ2n) is 3.90. The molecule has 0 amide bonds.